The topological polar surface area (TPSA) is 51.4 Å². The molecular weight excluding hydrogens is 222 g/mol. The average molecular weight is 239 g/mol. The lowest BCUT2D eigenvalue weighted by atomic mass is 10.1. The standard InChI is InChI=1S/C11H17N3OS/c12-8-11(1-2-11)9-7-13-10(16-9)14-3-5-15-6-4-14/h7H,1-6,8,12H2. The fourth-order valence-corrected chi connectivity index (χ4v) is 3.34. The van der Waals surface area contributed by atoms with E-state index < -0.39 is 0 Å². The smallest absolute Gasteiger partial charge is 0.185 e. The predicted octanol–water partition coefficient (Wildman–Crippen LogP) is 0.970. The second kappa shape index (κ2) is 3.98. The minimum Gasteiger partial charge on any atom is -0.378 e. The Labute approximate surface area is 99.4 Å². The number of aromatic nitrogens is 1. The number of hydrogen-bond acceptors (Lipinski definition) is 5. The molecule has 1 saturated heterocycles. The molecule has 16 heavy (non-hydrogen) atoms. The summed E-state index contributed by atoms with van der Waals surface area (Å²) >= 11 is 1.81. The van der Waals surface area contributed by atoms with Gasteiger partial charge in [0.15, 0.2) is 5.13 Å². The molecule has 0 amide bonds. The van der Waals surface area contributed by atoms with Crippen molar-refractivity contribution in [3.05, 3.63) is 11.1 Å². The predicted molar refractivity (Wildman–Crippen MR) is 65.1 cm³/mol. The van der Waals surface area contributed by atoms with Gasteiger partial charge in [-0.3, -0.25) is 0 Å². The normalized spacial score (nSPS) is 23.4. The lowest BCUT2D eigenvalue weighted by Gasteiger charge is -2.26. The Morgan fingerprint density at radius 3 is 2.81 bits per heavy atom. The van der Waals surface area contributed by atoms with E-state index in [9.17, 15) is 0 Å². The molecule has 1 aliphatic heterocycles. The highest BCUT2D eigenvalue weighted by atomic mass is 32.1. The van der Waals surface area contributed by atoms with Crippen LogP contribution in [0.15, 0.2) is 6.20 Å². The summed E-state index contributed by atoms with van der Waals surface area (Å²) in [5, 5.41) is 1.14. The molecule has 0 radical (unpaired) electrons. The molecule has 1 saturated carbocycles. The number of ether oxygens (including phenoxy) is 1. The van der Waals surface area contributed by atoms with Gasteiger partial charge in [-0.15, -0.1) is 11.3 Å². The summed E-state index contributed by atoms with van der Waals surface area (Å²) < 4.78 is 5.34. The van der Waals surface area contributed by atoms with E-state index in [4.69, 9.17) is 10.5 Å². The zero-order valence-corrected chi connectivity index (χ0v) is 10.1. The molecule has 0 atom stereocenters. The number of rotatable bonds is 3. The van der Waals surface area contributed by atoms with Gasteiger partial charge in [-0.2, -0.15) is 0 Å². The Hall–Kier alpha value is -0.650. The molecule has 2 N–H and O–H groups in total. The Balaban J connectivity index is 1.77. The van der Waals surface area contributed by atoms with E-state index >= 15 is 0 Å². The van der Waals surface area contributed by atoms with Gasteiger partial charge in [0.05, 0.1) is 13.2 Å². The maximum absolute atomic E-state index is 5.83. The van der Waals surface area contributed by atoms with E-state index in [2.05, 4.69) is 9.88 Å². The van der Waals surface area contributed by atoms with Crippen molar-refractivity contribution >= 4 is 16.5 Å². The SMILES string of the molecule is NCC1(c2cnc(N3CCOCC3)s2)CC1. The molecule has 1 aliphatic carbocycles. The van der Waals surface area contributed by atoms with Gasteiger partial charge < -0.3 is 15.4 Å². The summed E-state index contributed by atoms with van der Waals surface area (Å²) in [6, 6.07) is 0. The van der Waals surface area contributed by atoms with Gasteiger partial charge >= 0.3 is 0 Å². The fourth-order valence-electron chi connectivity index (χ4n) is 2.11. The fraction of sp³-hybridized carbons (Fsp3) is 0.727. The molecule has 88 valence electrons. The third-order valence-electron chi connectivity index (χ3n) is 3.54. The van der Waals surface area contributed by atoms with E-state index in [0.717, 1.165) is 38.0 Å². The molecule has 2 fully saturated rings. The number of thiazole rings is 1. The maximum Gasteiger partial charge on any atom is 0.185 e. The zero-order chi connectivity index (χ0) is 11.0. The first-order chi connectivity index (χ1) is 7.84. The summed E-state index contributed by atoms with van der Waals surface area (Å²) in [7, 11) is 0. The van der Waals surface area contributed by atoms with Crippen LogP contribution in [0.25, 0.3) is 0 Å². The second-order valence-electron chi connectivity index (χ2n) is 4.59. The molecule has 5 heteroatoms. The summed E-state index contributed by atoms with van der Waals surface area (Å²) in [5.74, 6) is 0. The number of morpholine rings is 1. The quantitative estimate of drug-likeness (QED) is 0.854. The van der Waals surface area contributed by atoms with Crippen LogP contribution >= 0.6 is 11.3 Å². The van der Waals surface area contributed by atoms with Crippen LogP contribution < -0.4 is 10.6 Å². The van der Waals surface area contributed by atoms with Crippen molar-refractivity contribution in [3.63, 3.8) is 0 Å². The van der Waals surface area contributed by atoms with Crippen molar-refractivity contribution in [1.82, 2.24) is 4.98 Å². The van der Waals surface area contributed by atoms with Crippen molar-refractivity contribution in [2.75, 3.05) is 37.7 Å². The summed E-state index contributed by atoms with van der Waals surface area (Å²) in [4.78, 5) is 8.21. The van der Waals surface area contributed by atoms with Gasteiger partial charge in [-0.25, -0.2) is 4.98 Å². The third kappa shape index (κ3) is 1.73. The van der Waals surface area contributed by atoms with Gasteiger partial charge in [0.2, 0.25) is 0 Å². The summed E-state index contributed by atoms with van der Waals surface area (Å²) in [5.41, 5.74) is 6.11. The van der Waals surface area contributed by atoms with Crippen LogP contribution in [0.1, 0.15) is 17.7 Å². The zero-order valence-electron chi connectivity index (χ0n) is 9.32. The number of anilines is 1. The van der Waals surface area contributed by atoms with Crippen LogP contribution in [0.4, 0.5) is 5.13 Å². The first kappa shape index (κ1) is 10.5. The second-order valence-corrected chi connectivity index (χ2v) is 5.60. The molecule has 0 bridgehead atoms. The van der Waals surface area contributed by atoms with Gasteiger partial charge in [0.1, 0.15) is 0 Å². The van der Waals surface area contributed by atoms with E-state index in [-0.39, 0.29) is 5.41 Å². The van der Waals surface area contributed by atoms with Crippen LogP contribution in [-0.2, 0) is 10.2 Å². The van der Waals surface area contributed by atoms with Crippen LogP contribution in [0.5, 0.6) is 0 Å². The lowest BCUT2D eigenvalue weighted by Crippen LogP contribution is -2.36. The Morgan fingerprint density at radius 2 is 2.19 bits per heavy atom. The Bertz CT molecular complexity index is 369. The van der Waals surface area contributed by atoms with E-state index in [1.807, 2.05) is 17.5 Å². The van der Waals surface area contributed by atoms with Crippen molar-refractivity contribution < 1.29 is 4.74 Å². The lowest BCUT2D eigenvalue weighted by molar-refractivity contribution is 0.122. The maximum atomic E-state index is 5.83. The molecule has 2 heterocycles. The van der Waals surface area contributed by atoms with E-state index in [1.165, 1.54) is 17.7 Å². The van der Waals surface area contributed by atoms with Crippen molar-refractivity contribution in [1.29, 1.82) is 0 Å². The first-order valence-electron chi connectivity index (χ1n) is 5.83. The van der Waals surface area contributed by atoms with Gasteiger partial charge in [-0.05, 0) is 12.8 Å². The van der Waals surface area contributed by atoms with Gasteiger partial charge in [0.25, 0.3) is 0 Å². The van der Waals surface area contributed by atoms with Crippen LogP contribution in [0.2, 0.25) is 0 Å². The Morgan fingerprint density at radius 1 is 1.44 bits per heavy atom. The van der Waals surface area contributed by atoms with Crippen molar-refractivity contribution in [3.8, 4) is 0 Å². The number of hydrogen-bond donors (Lipinski definition) is 1. The Kier molecular flexibility index (Phi) is 2.61. The number of nitrogens with two attached hydrogens (primary N) is 1. The molecule has 3 rings (SSSR count). The number of nitrogens with zero attached hydrogens (tertiary/aromatic N) is 2. The van der Waals surface area contributed by atoms with E-state index in [0.29, 0.717) is 0 Å². The molecule has 1 aromatic rings. The van der Waals surface area contributed by atoms with Crippen LogP contribution in [-0.4, -0.2) is 37.8 Å². The summed E-state index contributed by atoms with van der Waals surface area (Å²) in [6.07, 6.45) is 4.48. The highest BCUT2D eigenvalue weighted by Gasteiger charge is 2.44. The highest BCUT2D eigenvalue weighted by Crippen LogP contribution is 2.50. The monoisotopic (exact) mass is 239 g/mol. The molecule has 0 unspecified atom stereocenters. The minimum atomic E-state index is 0.280. The van der Waals surface area contributed by atoms with E-state index in [1.54, 1.807) is 0 Å². The highest BCUT2D eigenvalue weighted by molar-refractivity contribution is 7.15. The first-order valence-corrected chi connectivity index (χ1v) is 6.65. The molecule has 0 aromatic carbocycles. The summed E-state index contributed by atoms with van der Waals surface area (Å²) in [6.45, 7) is 4.32. The molecule has 1 aromatic heterocycles. The average Bonchev–Trinajstić information content (AvgIpc) is 3.00. The van der Waals surface area contributed by atoms with Gasteiger partial charge in [-0.1, -0.05) is 0 Å². The van der Waals surface area contributed by atoms with Crippen LogP contribution in [0, 0.1) is 0 Å². The third-order valence-corrected chi connectivity index (χ3v) is 4.85. The minimum absolute atomic E-state index is 0.280. The van der Waals surface area contributed by atoms with Gasteiger partial charge in [0, 0.05) is 36.1 Å². The molecule has 2 aliphatic rings. The van der Waals surface area contributed by atoms with Crippen molar-refractivity contribution in [2.45, 2.75) is 18.3 Å². The largest absolute Gasteiger partial charge is 0.378 e. The molecule has 0 spiro atoms. The van der Waals surface area contributed by atoms with Crippen LogP contribution in [0.3, 0.4) is 0 Å². The molecular formula is C11H17N3OS. The van der Waals surface area contributed by atoms with Crippen molar-refractivity contribution in [2.24, 2.45) is 5.73 Å². The molecule has 4 nitrogen and oxygen atoms in total.